The summed E-state index contributed by atoms with van der Waals surface area (Å²) in [5.74, 6) is 0.940. The number of benzene rings is 2. The van der Waals surface area contributed by atoms with Crippen LogP contribution in [0.5, 0.6) is 5.75 Å². The largest absolute Gasteiger partial charge is 0.494 e. The summed E-state index contributed by atoms with van der Waals surface area (Å²) in [6.07, 6.45) is 0.752. The minimum Gasteiger partial charge on any atom is -0.494 e. The van der Waals surface area contributed by atoms with E-state index < -0.39 is 0 Å². The van der Waals surface area contributed by atoms with Crippen LogP contribution in [0.1, 0.15) is 25.8 Å². The molecule has 23 heavy (non-hydrogen) atoms. The molecule has 1 unspecified atom stereocenters. The van der Waals surface area contributed by atoms with E-state index in [0.29, 0.717) is 13.2 Å². The van der Waals surface area contributed by atoms with Crippen LogP contribution in [0.25, 0.3) is 0 Å². The standard InChI is InChI=1S/C19H22N2O2/c1-3-16-19(22)21(13-14-8-6-5-7-9-14)18-11-10-15(23-4-2)12-17(18)20-16/h5-12,16,20H,3-4,13H2,1-2H3. The van der Waals surface area contributed by atoms with Gasteiger partial charge in [0, 0.05) is 6.07 Å². The van der Waals surface area contributed by atoms with Gasteiger partial charge in [-0.05, 0) is 31.0 Å². The summed E-state index contributed by atoms with van der Waals surface area (Å²) < 4.78 is 5.58. The van der Waals surface area contributed by atoms with Gasteiger partial charge in [-0.3, -0.25) is 4.79 Å². The van der Waals surface area contributed by atoms with Crippen LogP contribution in [0.2, 0.25) is 0 Å². The summed E-state index contributed by atoms with van der Waals surface area (Å²) in [6.45, 7) is 5.20. The van der Waals surface area contributed by atoms with Crippen LogP contribution in [0, 0.1) is 0 Å². The molecule has 0 radical (unpaired) electrons. The number of hydrogen-bond acceptors (Lipinski definition) is 3. The number of nitrogens with zero attached hydrogens (tertiary/aromatic N) is 1. The molecule has 0 bridgehead atoms. The van der Waals surface area contributed by atoms with Crippen molar-refractivity contribution in [1.29, 1.82) is 0 Å². The van der Waals surface area contributed by atoms with E-state index in [1.165, 1.54) is 0 Å². The average molecular weight is 310 g/mol. The zero-order valence-corrected chi connectivity index (χ0v) is 13.6. The molecule has 2 aromatic carbocycles. The molecule has 0 aromatic heterocycles. The van der Waals surface area contributed by atoms with Crippen molar-refractivity contribution >= 4 is 17.3 Å². The molecule has 4 heteroatoms. The van der Waals surface area contributed by atoms with Crippen LogP contribution < -0.4 is 15.0 Å². The number of hydrogen-bond donors (Lipinski definition) is 1. The summed E-state index contributed by atoms with van der Waals surface area (Å²) in [5.41, 5.74) is 2.99. The molecular formula is C19H22N2O2. The summed E-state index contributed by atoms with van der Waals surface area (Å²) in [5, 5.41) is 3.34. The van der Waals surface area contributed by atoms with E-state index in [0.717, 1.165) is 29.1 Å². The molecular weight excluding hydrogens is 288 g/mol. The van der Waals surface area contributed by atoms with Crippen LogP contribution in [0.3, 0.4) is 0 Å². The SMILES string of the molecule is CCOc1ccc2c(c1)NC(CC)C(=O)N2Cc1ccccc1. The Hall–Kier alpha value is -2.49. The first kappa shape index (κ1) is 15.4. The summed E-state index contributed by atoms with van der Waals surface area (Å²) in [4.78, 5) is 14.6. The van der Waals surface area contributed by atoms with E-state index >= 15 is 0 Å². The van der Waals surface area contributed by atoms with Crippen molar-refractivity contribution in [2.24, 2.45) is 0 Å². The van der Waals surface area contributed by atoms with E-state index in [1.54, 1.807) is 0 Å². The fourth-order valence-electron chi connectivity index (χ4n) is 2.88. The van der Waals surface area contributed by atoms with Crippen LogP contribution in [-0.2, 0) is 11.3 Å². The quantitative estimate of drug-likeness (QED) is 0.912. The lowest BCUT2D eigenvalue weighted by Crippen LogP contribution is -2.46. The second-order valence-corrected chi connectivity index (χ2v) is 5.63. The molecule has 0 fully saturated rings. The van der Waals surface area contributed by atoms with Crippen molar-refractivity contribution in [3.8, 4) is 5.75 Å². The van der Waals surface area contributed by atoms with Crippen LogP contribution in [0.15, 0.2) is 48.5 Å². The zero-order valence-electron chi connectivity index (χ0n) is 13.6. The van der Waals surface area contributed by atoms with Gasteiger partial charge < -0.3 is 15.0 Å². The lowest BCUT2D eigenvalue weighted by Gasteiger charge is -2.35. The third kappa shape index (κ3) is 3.16. The molecule has 1 amide bonds. The number of carbonyl (C=O) groups is 1. The van der Waals surface area contributed by atoms with Crippen LogP contribution in [0.4, 0.5) is 11.4 Å². The highest BCUT2D eigenvalue weighted by Crippen LogP contribution is 2.36. The van der Waals surface area contributed by atoms with Gasteiger partial charge in [-0.25, -0.2) is 0 Å². The highest BCUT2D eigenvalue weighted by molar-refractivity contribution is 6.05. The Kier molecular flexibility index (Phi) is 4.51. The van der Waals surface area contributed by atoms with E-state index in [4.69, 9.17) is 4.74 Å². The Labute approximate surface area is 137 Å². The maximum atomic E-state index is 12.8. The maximum absolute atomic E-state index is 12.8. The molecule has 1 N–H and O–H groups in total. The molecule has 3 rings (SSSR count). The Balaban J connectivity index is 1.96. The number of amides is 1. The molecule has 0 aliphatic carbocycles. The first-order valence-corrected chi connectivity index (χ1v) is 8.11. The van der Waals surface area contributed by atoms with Gasteiger partial charge in [0.05, 0.1) is 24.5 Å². The predicted octanol–water partition coefficient (Wildman–Crippen LogP) is 3.82. The van der Waals surface area contributed by atoms with Crippen LogP contribution >= 0.6 is 0 Å². The van der Waals surface area contributed by atoms with Gasteiger partial charge in [0.2, 0.25) is 5.91 Å². The molecule has 1 aliphatic rings. The molecule has 0 spiro atoms. The van der Waals surface area contributed by atoms with Gasteiger partial charge in [-0.15, -0.1) is 0 Å². The molecule has 120 valence electrons. The third-order valence-electron chi connectivity index (χ3n) is 4.06. The number of anilines is 2. The third-order valence-corrected chi connectivity index (χ3v) is 4.06. The van der Waals surface area contributed by atoms with E-state index in [2.05, 4.69) is 5.32 Å². The van der Waals surface area contributed by atoms with Crippen LogP contribution in [-0.4, -0.2) is 18.6 Å². The summed E-state index contributed by atoms with van der Waals surface area (Å²) >= 11 is 0. The van der Waals surface area contributed by atoms with Gasteiger partial charge >= 0.3 is 0 Å². The molecule has 1 aliphatic heterocycles. The fourth-order valence-corrected chi connectivity index (χ4v) is 2.88. The number of rotatable bonds is 5. The molecule has 4 nitrogen and oxygen atoms in total. The van der Waals surface area contributed by atoms with Crippen molar-refractivity contribution in [2.45, 2.75) is 32.9 Å². The normalized spacial score (nSPS) is 16.7. The predicted molar refractivity (Wildman–Crippen MR) is 92.9 cm³/mol. The van der Waals surface area contributed by atoms with Crippen molar-refractivity contribution in [2.75, 3.05) is 16.8 Å². The van der Waals surface area contributed by atoms with Gasteiger partial charge in [0.15, 0.2) is 0 Å². The second kappa shape index (κ2) is 6.73. The lowest BCUT2D eigenvalue weighted by atomic mass is 10.1. The minimum absolute atomic E-state index is 0.119. The topological polar surface area (TPSA) is 41.6 Å². The summed E-state index contributed by atoms with van der Waals surface area (Å²) in [7, 11) is 0. The van der Waals surface area contributed by atoms with Gasteiger partial charge in [0.1, 0.15) is 11.8 Å². The number of carbonyl (C=O) groups excluding carboxylic acids is 1. The Morgan fingerprint density at radius 3 is 2.61 bits per heavy atom. The molecule has 0 saturated heterocycles. The summed E-state index contributed by atoms with van der Waals surface area (Å²) in [6, 6.07) is 15.7. The van der Waals surface area contributed by atoms with Gasteiger partial charge in [-0.2, -0.15) is 0 Å². The minimum atomic E-state index is -0.192. The Morgan fingerprint density at radius 2 is 1.91 bits per heavy atom. The number of fused-ring (bicyclic) bond motifs is 1. The highest BCUT2D eigenvalue weighted by Gasteiger charge is 2.31. The van der Waals surface area contributed by atoms with Gasteiger partial charge in [-0.1, -0.05) is 37.3 Å². The number of nitrogens with one attached hydrogen (secondary N) is 1. The van der Waals surface area contributed by atoms with Crippen molar-refractivity contribution < 1.29 is 9.53 Å². The Morgan fingerprint density at radius 1 is 1.13 bits per heavy atom. The van der Waals surface area contributed by atoms with E-state index in [-0.39, 0.29) is 11.9 Å². The molecule has 2 aromatic rings. The lowest BCUT2D eigenvalue weighted by molar-refractivity contribution is -0.119. The fraction of sp³-hybridized carbons (Fsp3) is 0.316. The van der Waals surface area contributed by atoms with E-state index in [1.807, 2.05) is 67.3 Å². The second-order valence-electron chi connectivity index (χ2n) is 5.63. The highest BCUT2D eigenvalue weighted by atomic mass is 16.5. The average Bonchev–Trinajstić information content (AvgIpc) is 2.58. The van der Waals surface area contributed by atoms with Gasteiger partial charge in [0.25, 0.3) is 0 Å². The monoisotopic (exact) mass is 310 g/mol. The van der Waals surface area contributed by atoms with Crippen molar-refractivity contribution in [3.63, 3.8) is 0 Å². The first-order valence-electron chi connectivity index (χ1n) is 8.11. The molecule has 1 heterocycles. The zero-order chi connectivity index (χ0) is 16.2. The maximum Gasteiger partial charge on any atom is 0.249 e. The van der Waals surface area contributed by atoms with E-state index in [9.17, 15) is 4.79 Å². The smallest absolute Gasteiger partial charge is 0.249 e. The first-order chi connectivity index (χ1) is 11.2. The molecule has 1 atom stereocenters. The number of ether oxygens (including phenoxy) is 1. The molecule has 0 saturated carbocycles. The van der Waals surface area contributed by atoms with Crippen molar-refractivity contribution in [1.82, 2.24) is 0 Å². The Bertz CT molecular complexity index is 685. The van der Waals surface area contributed by atoms with Crippen molar-refractivity contribution in [3.05, 3.63) is 54.1 Å².